The second-order valence-electron chi connectivity index (χ2n) is 7.54. The predicted molar refractivity (Wildman–Crippen MR) is 106 cm³/mol. The molecule has 1 aliphatic rings. The summed E-state index contributed by atoms with van der Waals surface area (Å²) < 4.78 is 16.7. The summed E-state index contributed by atoms with van der Waals surface area (Å²) in [4.78, 5) is 26.3. The van der Waals surface area contributed by atoms with Crippen LogP contribution in [0, 0.1) is 6.92 Å². The largest absolute Gasteiger partial charge is 0.511 e. The lowest BCUT2D eigenvalue weighted by Gasteiger charge is -2.11. The number of aryl methyl sites for hydroxylation is 1. The first-order valence-electron chi connectivity index (χ1n) is 9.70. The van der Waals surface area contributed by atoms with Crippen molar-refractivity contribution in [1.82, 2.24) is 9.47 Å². The van der Waals surface area contributed by atoms with Gasteiger partial charge in [0, 0.05) is 18.1 Å². The maximum absolute atomic E-state index is 12.5. The van der Waals surface area contributed by atoms with Crippen molar-refractivity contribution in [2.24, 2.45) is 0 Å². The topological polar surface area (TPSA) is 70.0 Å². The molecule has 2 aromatic rings. The van der Waals surface area contributed by atoms with E-state index < -0.39 is 19.0 Å². The summed E-state index contributed by atoms with van der Waals surface area (Å²) in [6.45, 7) is 2.43. The monoisotopic (exact) mass is 388 g/mol. The minimum Gasteiger partial charge on any atom is -0.431 e. The minimum absolute atomic E-state index is 0.0842. The zero-order valence-electron chi connectivity index (χ0n) is 16.8. The maximum Gasteiger partial charge on any atom is 0.511 e. The van der Waals surface area contributed by atoms with Crippen LogP contribution in [0.5, 0.6) is 0 Å². The molecule has 1 fully saturated rings. The number of carbonyl (C=O) groups is 2. The number of benzene rings is 1. The first kappa shape index (κ1) is 20.2. The molecule has 0 aliphatic heterocycles. The summed E-state index contributed by atoms with van der Waals surface area (Å²) in [6.07, 6.45) is 4.99. The van der Waals surface area contributed by atoms with Crippen molar-refractivity contribution < 1.29 is 23.8 Å². The van der Waals surface area contributed by atoms with Crippen LogP contribution in [0.3, 0.4) is 0 Å². The third-order valence-electron chi connectivity index (χ3n) is 4.99. The van der Waals surface area contributed by atoms with E-state index in [1.165, 1.54) is 4.57 Å². The van der Waals surface area contributed by atoms with Crippen LogP contribution in [-0.2, 0) is 20.6 Å². The second kappa shape index (κ2) is 9.10. The summed E-state index contributed by atoms with van der Waals surface area (Å²) in [5, 5.41) is 1.03. The lowest BCUT2D eigenvalue weighted by atomic mass is 10.1. The van der Waals surface area contributed by atoms with E-state index in [0.29, 0.717) is 0 Å². The molecule has 0 atom stereocenters. The zero-order chi connectivity index (χ0) is 20.1. The van der Waals surface area contributed by atoms with Gasteiger partial charge in [0.1, 0.15) is 6.10 Å². The molecule has 0 amide bonds. The molecule has 1 saturated carbocycles. The predicted octanol–water partition coefficient (Wildman–Crippen LogP) is 4.09. The van der Waals surface area contributed by atoms with Gasteiger partial charge < -0.3 is 19.1 Å². The van der Waals surface area contributed by atoms with Crippen molar-refractivity contribution >= 4 is 23.2 Å². The number of aromatic nitrogens is 1. The molecule has 7 nitrogen and oxygen atoms in total. The standard InChI is InChI=1S/C21H28N2O5/c1-15-8-9-19-18(12-15)16(10-11-22(2)3)13-23(19)20(24)26-14-27-21(25)28-17-6-4-5-7-17/h8-9,12-13,17H,4-7,10-11,14H2,1-3H3. The number of ether oxygens (including phenoxy) is 3. The Morgan fingerprint density at radius 2 is 1.93 bits per heavy atom. The Kier molecular flexibility index (Phi) is 6.57. The third kappa shape index (κ3) is 5.04. The Morgan fingerprint density at radius 1 is 1.18 bits per heavy atom. The normalized spacial score (nSPS) is 14.6. The van der Waals surface area contributed by atoms with Crippen molar-refractivity contribution in [3.05, 3.63) is 35.5 Å². The molecule has 3 rings (SSSR count). The van der Waals surface area contributed by atoms with Gasteiger partial charge in [-0.15, -0.1) is 0 Å². The molecular formula is C21H28N2O5. The molecule has 0 spiro atoms. The highest BCUT2D eigenvalue weighted by atomic mass is 16.8. The van der Waals surface area contributed by atoms with Crippen molar-refractivity contribution in [3.63, 3.8) is 0 Å². The highest BCUT2D eigenvalue weighted by Gasteiger charge is 2.21. The van der Waals surface area contributed by atoms with Gasteiger partial charge in [0.25, 0.3) is 0 Å². The lowest BCUT2D eigenvalue weighted by Crippen LogP contribution is -2.20. The Bertz CT molecular complexity index is 837. The molecule has 1 aromatic carbocycles. The molecule has 1 aromatic heterocycles. The van der Waals surface area contributed by atoms with Crippen molar-refractivity contribution in [2.75, 3.05) is 27.4 Å². The lowest BCUT2D eigenvalue weighted by molar-refractivity contribution is -0.0281. The molecule has 0 saturated heterocycles. The zero-order valence-corrected chi connectivity index (χ0v) is 16.8. The third-order valence-corrected chi connectivity index (χ3v) is 4.99. The SMILES string of the molecule is Cc1ccc2c(c1)c(CCN(C)C)cn2C(=O)OCOC(=O)OC1CCCC1. The van der Waals surface area contributed by atoms with Crippen LogP contribution in [0.4, 0.5) is 9.59 Å². The minimum atomic E-state index is -0.792. The highest BCUT2D eigenvalue weighted by molar-refractivity contribution is 5.92. The molecule has 0 unspecified atom stereocenters. The molecule has 152 valence electrons. The van der Waals surface area contributed by atoms with Crippen LogP contribution in [0.2, 0.25) is 0 Å². The molecule has 0 radical (unpaired) electrons. The number of likely N-dealkylation sites (N-methyl/N-ethyl adjacent to an activating group) is 1. The van der Waals surface area contributed by atoms with E-state index in [0.717, 1.165) is 60.7 Å². The summed E-state index contributed by atoms with van der Waals surface area (Å²) in [6, 6.07) is 5.93. The van der Waals surface area contributed by atoms with E-state index in [4.69, 9.17) is 14.2 Å². The van der Waals surface area contributed by atoms with E-state index in [2.05, 4.69) is 11.0 Å². The van der Waals surface area contributed by atoms with E-state index in [1.807, 2.05) is 33.2 Å². The quantitative estimate of drug-likeness (QED) is 0.548. The summed E-state index contributed by atoms with van der Waals surface area (Å²) in [7, 11) is 4.03. The molecule has 7 heteroatoms. The van der Waals surface area contributed by atoms with E-state index >= 15 is 0 Å². The van der Waals surface area contributed by atoms with Crippen LogP contribution in [0.15, 0.2) is 24.4 Å². The van der Waals surface area contributed by atoms with E-state index in [-0.39, 0.29) is 6.10 Å². The van der Waals surface area contributed by atoms with Gasteiger partial charge in [0.05, 0.1) is 5.52 Å². The highest BCUT2D eigenvalue weighted by Crippen LogP contribution is 2.24. The Hall–Kier alpha value is -2.54. The first-order valence-corrected chi connectivity index (χ1v) is 9.70. The molecule has 0 bridgehead atoms. The summed E-state index contributed by atoms with van der Waals surface area (Å²) >= 11 is 0. The van der Waals surface area contributed by atoms with Crippen LogP contribution in [0.1, 0.15) is 36.8 Å². The van der Waals surface area contributed by atoms with Gasteiger partial charge in [-0.3, -0.25) is 4.57 Å². The fourth-order valence-electron chi connectivity index (χ4n) is 3.48. The summed E-state index contributed by atoms with van der Waals surface area (Å²) in [5.41, 5.74) is 2.98. The van der Waals surface area contributed by atoms with Crippen LogP contribution < -0.4 is 0 Å². The molecule has 28 heavy (non-hydrogen) atoms. The number of nitrogens with zero attached hydrogens (tertiary/aromatic N) is 2. The number of rotatable bonds is 6. The second-order valence-corrected chi connectivity index (χ2v) is 7.54. The summed E-state index contributed by atoms with van der Waals surface area (Å²) in [5.74, 6) is 0. The fraction of sp³-hybridized carbons (Fsp3) is 0.524. The smallest absolute Gasteiger partial charge is 0.431 e. The average Bonchev–Trinajstić information content (AvgIpc) is 3.27. The van der Waals surface area contributed by atoms with Gasteiger partial charge in [-0.25, -0.2) is 9.59 Å². The maximum atomic E-state index is 12.5. The Labute approximate surface area is 165 Å². The Morgan fingerprint density at radius 3 is 2.64 bits per heavy atom. The van der Waals surface area contributed by atoms with Gasteiger partial charge in [-0.05, 0) is 70.8 Å². The first-order chi connectivity index (χ1) is 13.4. The number of hydrogen-bond donors (Lipinski definition) is 0. The number of hydrogen-bond acceptors (Lipinski definition) is 6. The fourth-order valence-corrected chi connectivity index (χ4v) is 3.48. The van der Waals surface area contributed by atoms with Crippen LogP contribution in [-0.4, -0.2) is 55.3 Å². The van der Waals surface area contributed by atoms with Crippen molar-refractivity contribution in [3.8, 4) is 0 Å². The number of fused-ring (bicyclic) bond motifs is 1. The van der Waals surface area contributed by atoms with E-state index in [1.54, 1.807) is 6.20 Å². The molecule has 1 aliphatic carbocycles. The van der Waals surface area contributed by atoms with Gasteiger partial charge in [0.2, 0.25) is 6.79 Å². The number of carbonyl (C=O) groups excluding carboxylic acids is 2. The molecular weight excluding hydrogens is 360 g/mol. The average molecular weight is 388 g/mol. The van der Waals surface area contributed by atoms with Crippen LogP contribution in [0.25, 0.3) is 10.9 Å². The van der Waals surface area contributed by atoms with Crippen molar-refractivity contribution in [1.29, 1.82) is 0 Å². The van der Waals surface area contributed by atoms with E-state index in [9.17, 15) is 9.59 Å². The van der Waals surface area contributed by atoms with Gasteiger partial charge >= 0.3 is 12.2 Å². The molecule has 0 N–H and O–H groups in total. The van der Waals surface area contributed by atoms with Gasteiger partial charge in [0.15, 0.2) is 0 Å². The van der Waals surface area contributed by atoms with Gasteiger partial charge in [-0.2, -0.15) is 0 Å². The van der Waals surface area contributed by atoms with Gasteiger partial charge in [-0.1, -0.05) is 11.6 Å². The van der Waals surface area contributed by atoms with Crippen LogP contribution >= 0.6 is 0 Å². The Balaban J connectivity index is 1.63. The molecule has 1 heterocycles. The van der Waals surface area contributed by atoms with Crippen molar-refractivity contribution in [2.45, 2.75) is 45.1 Å².